The summed E-state index contributed by atoms with van der Waals surface area (Å²) in [5, 5.41) is 2.66. The Hall–Kier alpha value is -1.58. The van der Waals surface area contributed by atoms with Crippen molar-refractivity contribution in [1.29, 1.82) is 0 Å². The van der Waals surface area contributed by atoms with Crippen molar-refractivity contribution >= 4 is 6.03 Å². The molecule has 0 bridgehead atoms. The maximum Gasteiger partial charge on any atom is 0.317 e. The summed E-state index contributed by atoms with van der Waals surface area (Å²) in [5.41, 5.74) is 3.46. The maximum atomic E-state index is 11.5. The number of fused-ring (bicyclic) bond motifs is 1. The van der Waals surface area contributed by atoms with Crippen LogP contribution in [0.15, 0.2) is 12.1 Å². The number of rotatable bonds is 1. The van der Waals surface area contributed by atoms with Crippen LogP contribution in [0.2, 0.25) is 0 Å². The van der Waals surface area contributed by atoms with E-state index >= 15 is 0 Å². The lowest BCUT2D eigenvalue weighted by molar-refractivity contribution is 0.194. The van der Waals surface area contributed by atoms with E-state index in [9.17, 15) is 4.79 Å². The fourth-order valence-electron chi connectivity index (χ4n) is 2.09. The first-order chi connectivity index (χ1) is 8.11. The largest absolute Gasteiger partial charge is 0.341 e. The smallest absolute Gasteiger partial charge is 0.317 e. The highest BCUT2D eigenvalue weighted by molar-refractivity contribution is 5.74. The zero-order chi connectivity index (χ0) is 12.4. The van der Waals surface area contributed by atoms with Crippen molar-refractivity contribution in [3.8, 4) is 0 Å². The summed E-state index contributed by atoms with van der Waals surface area (Å²) < 4.78 is 0. The van der Waals surface area contributed by atoms with Gasteiger partial charge in [0.1, 0.15) is 0 Å². The molecule has 0 unspecified atom stereocenters. The van der Waals surface area contributed by atoms with E-state index in [2.05, 4.69) is 36.3 Å². The number of urea groups is 1. The van der Waals surface area contributed by atoms with E-state index in [1.54, 1.807) is 7.05 Å². The average molecular weight is 233 g/mol. The van der Waals surface area contributed by atoms with Crippen LogP contribution in [0.25, 0.3) is 0 Å². The molecular weight excluding hydrogens is 214 g/mol. The third-order valence-corrected chi connectivity index (χ3v) is 3.16. The van der Waals surface area contributed by atoms with E-state index in [-0.39, 0.29) is 6.03 Å². The third-order valence-electron chi connectivity index (χ3n) is 3.16. The van der Waals surface area contributed by atoms with Crippen LogP contribution in [0.1, 0.15) is 36.7 Å². The van der Waals surface area contributed by atoms with Crippen molar-refractivity contribution in [2.45, 2.75) is 32.7 Å². The quantitative estimate of drug-likeness (QED) is 0.805. The van der Waals surface area contributed by atoms with Gasteiger partial charge in [-0.25, -0.2) is 4.79 Å². The number of pyridine rings is 1. The summed E-state index contributed by atoms with van der Waals surface area (Å²) in [6, 6.07) is 4.16. The molecule has 92 valence electrons. The minimum Gasteiger partial charge on any atom is -0.341 e. The van der Waals surface area contributed by atoms with Gasteiger partial charge >= 0.3 is 6.03 Å². The SMILES string of the molecule is CNC(=O)N1CCc2nc(C(C)C)ccc2C1. The van der Waals surface area contributed by atoms with Crippen molar-refractivity contribution in [1.82, 2.24) is 15.2 Å². The molecule has 0 atom stereocenters. The van der Waals surface area contributed by atoms with Crippen LogP contribution in [0, 0.1) is 0 Å². The van der Waals surface area contributed by atoms with Gasteiger partial charge in [-0.15, -0.1) is 0 Å². The summed E-state index contributed by atoms with van der Waals surface area (Å²) in [6.07, 6.45) is 0.851. The molecule has 0 fully saturated rings. The van der Waals surface area contributed by atoms with E-state index in [0.717, 1.165) is 24.4 Å². The van der Waals surface area contributed by atoms with Gasteiger partial charge in [0.25, 0.3) is 0 Å². The first-order valence-corrected chi connectivity index (χ1v) is 6.07. The Morgan fingerprint density at radius 2 is 2.24 bits per heavy atom. The molecule has 0 radical (unpaired) electrons. The van der Waals surface area contributed by atoms with Crippen LogP contribution in [0.3, 0.4) is 0 Å². The topological polar surface area (TPSA) is 45.2 Å². The number of nitrogens with one attached hydrogen (secondary N) is 1. The lowest BCUT2D eigenvalue weighted by atomic mass is 10.0. The van der Waals surface area contributed by atoms with Crippen molar-refractivity contribution in [3.05, 3.63) is 29.1 Å². The molecule has 1 aromatic rings. The third kappa shape index (κ3) is 2.40. The van der Waals surface area contributed by atoms with Gasteiger partial charge in [0.15, 0.2) is 0 Å². The average Bonchev–Trinajstić information content (AvgIpc) is 2.36. The van der Waals surface area contributed by atoms with Gasteiger partial charge in [-0.2, -0.15) is 0 Å². The van der Waals surface area contributed by atoms with E-state index < -0.39 is 0 Å². The molecular formula is C13H19N3O. The molecule has 4 nitrogen and oxygen atoms in total. The van der Waals surface area contributed by atoms with E-state index in [4.69, 9.17) is 0 Å². The summed E-state index contributed by atoms with van der Waals surface area (Å²) in [6.45, 7) is 5.71. The Morgan fingerprint density at radius 1 is 1.47 bits per heavy atom. The summed E-state index contributed by atoms with van der Waals surface area (Å²) >= 11 is 0. The lowest BCUT2D eigenvalue weighted by Gasteiger charge is -2.28. The molecule has 1 aromatic heterocycles. The molecule has 4 heteroatoms. The number of carbonyl (C=O) groups excluding carboxylic acids is 1. The number of amides is 2. The second-order valence-corrected chi connectivity index (χ2v) is 4.72. The number of carbonyl (C=O) groups is 1. The molecule has 0 saturated carbocycles. The van der Waals surface area contributed by atoms with Crippen molar-refractivity contribution in [3.63, 3.8) is 0 Å². The molecule has 1 aliphatic rings. The normalized spacial score (nSPS) is 14.7. The van der Waals surface area contributed by atoms with Gasteiger partial charge in [0.2, 0.25) is 0 Å². The highest BCUT2D eigenvalue weighted by atomic mass is 16.2. The standard InChI is InChI=1S/C13H19N3O/c1-9(2)11-5-4-10-8-16(13(17)14-3)7-6-12(10)15-11/h4-5,9H,6-8H2,1-3H3,(H,14,17). The van der Waals surface area contributed by atoms with E-state index in [1.807, 2.05) is 4.90 Å². The van der Waals surface area contributed by atoms with Crippen LogP contribution >= 0.6 is 0 Å². The van der Waals surface area contributed by atoms with E-state index in [1.165, 1.54) is 5.56 Å². The van der Waals surface area contributed by atoms with Crippen molar-refractivity contribution in [2.24, 2.45) is 0 Å². The highest BCUT2D eigenvalue weighted by Gasteiger charge is 2.21. The minimum absolute atomic E-state index is 0.0106. The highest BCUT2D eigenvalue weighted by Crippen LogP contribution is 2.20. The first kappa shape index (κ1) is 11.9. The predicted octanol–water partition coefficient (Wildman–Crippen LogP) is 1.90. The van der Waals surface area contributed by atoms with Crippen molar-refractivity contribution in [2.75, 3.05) is 13.6 Å². The molecule has 2 amide bonds. The Balaban J connectivity index is 2.20. The van der Waals surface area contributed by atoms with Gasteiger partial charge in [0, 0.05) is 37.9 Å². The number of nitrogens with zero attached hydrogens (tertiary/aromatic N) is 2. The number of hydrogen-bond donors (Lipinski definition) is 1. The molecule has 2 heterocycles. The summed E-state index contributed by atoms with van der Waals surface area (Å²) in [7, 11) is 1.66. The molecule has 2 rings (SSSR count). The van der Waals surface area contributed by atoms with Crippen LogP contribution in [-0.4, -0.2) is 29.5 Å². The maximum absolute atomic E-state index is 11.5. The van der Waals surface area contributed by atoms with Crippen LogP contribution in [0.4, 0.5) is 4.79 Å². The fraction of sp³-hybridized carbons (Fsp3) is 0.538. The molecule has 0 aromatic carbocycles. The van der Waals surface area contributed by atoms with Crippen LogP contribution in [-0.2, 0) is 13.0 Å². The second kappa shape index (κ2) is 4.73. The predicted molar refractivity (Wildman–Crippen MR) is 66.9 cm³/mol. The molecule has 17 heavy (non-hydrogen) atoms. The molecule has 0 saturated heterocycles. The van der Waals surface area contributed by atoms with Gasteiger partial charge in [-0.05, 0) is 17.5 Å². The van der Waals surface area contributed by atoms with Crippen LogP contribution in [0.5, 0.6) is 0 Å². The Morgan fingerprint density at radius 3 is 2.88 bits per heavy atom. The van der Waals surface area contributed by atoms with Crippen molar-refractivity contribution < 1.29 is 4.79 Å². The molecule has 0 spiro atoms. The van der Waals surface area contributed by atoms with Crippen LogP contribution < -0.4 is 5.32 Å². The summed E-state index contributed by atoms with van der Waals surface area (Å²) in [4.78, 5) is 18.0. The lowest BCUT2D eigenvalue weighted by Crippen LogP contribution is -2.41. The molecule has 1 aliphatic heterocycles. The Labute approximate surface area is 102 Å². The molecule has 0 aliphatic carbocycles. The first-order valence-electron chi connectivity index (χ1n) is 6.07. The number of aromatic nitrogens is 1. The molecule has 1 N–H and O–H groups in total. The Kier molecular flexibility index (Phi) is 3.31. The van der Waals surface area contributed by atoms with E-state index in [0.29, 0.717) is 12.5 Å². The Bertz CT molecular complexity index is 429. The zero-order valence-electron chi connectivity index (χ0n) is 10.7. The summed E-state index contributed by atoms with van der Waals surface area (Å²) in [5.74, 6) is 0.456. The fourth-order valence-corrected chi connectivity index (χ4v) is 2.09. The van der Waals surface area contributed by atoms with Gasteiger partial charge in [-0.1, -0.05) is 19.9 Å². The number of hydrogen-bond acceptors (Lipinski definition) is 2. The monoisotopic (exact) mass is 233 g/mol. The van der Waals surface area contributed by atoms with Gasteiger partial charge < -0.3 is 10.2 Å². The van der Waals surface area contributed by atoms with Gasteiger partial charge in [-0.3, -0.25) is 4.98 Å². The second-order valence-electron chi connectivity index (χ2n) is 4.72. The van der Waals surface area contributed by atoms with Gasteiger partial charge in [0.05, 0.1) is 0 Å². The minimum atomic E-state index is -0.0106. The zero-order valence-corrected chi connectivity index (χ0v) is 10.7.